The van der Waals surface area contributed by atoms with Crippen LogP contribution in [-0.2, 0) is 13.0 Å². The van der Waals surface area contributed by atoms with Gasteiger partial charge >= 0.3 is 0 Å². The maximum atomic E-state index is 13.2. The van der Waals surface area contributed by atoms with E-state index in [0.717, 1.165) is 56.5 Å². The van der Waals surface area contributed by atoms with Gasteiger partial charge in [0.2, 0.25) is 0 Å². The summed E-state index contributed by atoms with van der Waals surface area (Å²) in [5.74, 6) is 0.0527. The van der Waals surface area contributed by atoms with Gasteiger partial charge in [0.15, 0.2) is 10.9 Å². The number of carbonyl (C=O) groups excluding carboxylic acids is 2. The maximum absolute atomic E-state index is 13.2. The first-order valence-electron chi connectivity index (χ1n) is 13.5. The zero-order chi connectivity index (χ0) is 27.4. The number of carbonyl (C=O) groups is 2. The van der Waals surface area contributed by atoms with Gasteiger partial charge in [0.1, 0.15) is 17.4 Å². The minimum absolute atomic E-state index is 0.0469. The molecule has 0 saturated heterocycles. The number of imidazole rings is 1. The second kappa shape index (κ2) is 11.9. The molecule has 1 amide bonds. The number of benzene rings is 1. The molecule has 5 rings (SSSR count). The highest BCUT2D eigenvalue weighted by molar-refractivity contribution is 7.15. The Morgan fingerprint density at radius 1 is 1.21 bits per heavy atom. The maximum Gasteiger partial charge on any atom is 0.257 e. The highest BCUT2D eigenvalue weighted by atomic mass is 32.1. The minimum atomic E-state index is -0.144. The molecule has 4 aromatic rings. The molecule has 1 aromatic carbocycles. The van der Waals surface area contributed by atoms with Gasteiger partial charge in [-0.25, -0.2) is 9.97 Å². The van der Waals surface area contributed by atoms with Gasteiger partial charge in [-0.1, -0.05) is 32.4 Å². The molecular weight excluding hydrogens is 508 g/mol. The SMILES string of the molecule is CCC(CCCC(C)c1cccc(C(=O)Nc2nc3c(s2)CNCC3)c1)C(=O)c1cn2cc(C#N)ccc2n1. The summed E-state index contributed by atoms with van der Waals surface area (Å²) < 4.78 is 1.74. The van der Waals surface area contributed by atoms with Crippen molar-refractivity contribution in [2.75, 3.05) is 11.9 Å². The monoisotopic (exact) mass is 540 g/mol. The van der Waals surface area contributed by atoms with Crippen LogP contribution in [0.25, 0.3) is 5.65 Å². The van der Waals surface area contributed by atoms with Crippen LogP contribution < -0.4 is 10.6 Å². The largest absolute Gasteiger partial charge is 0.311 e. The predicted octanol–water partition coefficient (Wildman–Crippen LogP) is 5.74. The lowest BCUT2D eigenvalue weighted by atomic mass is 9.89. The van der Waals surface area contributed by atoms with E-state index >= 15 is 0 Å². The summed E-state index contributed by atoms with van der Waals surface area (Å²) in [6.07, 6.45) is 7.64. The van der Waals surface area contributed by atoms with E-state index < -0.39 is 0 Å². The summed E-state index contributed by atoms with van der Waals surface area (Å²) in [6.45, 7) is 5.92. The second-order valence-electron chi connectivity index (χ2n) is 10.1. The van der Waals surface area contributed by atoms with Gasteiger partial charge in [-0.15, -0.1) is 11.3 Å². The lowest BCUT2D eigenvalue weighted by molar-refractivity contribution is 0.0902. The summed E-state index contributed by atoms with van der Waals surface area (Å²) in [7, 11) is 0. The van der Waals surface area contributed by atoms with Crippen LogP contribution in [0.2, 0.25) is 0 Å². The smallest absolute Gasteiger partial charge is 0.257 e. The number of ketones is 1. The van der Waals surface area contributed by atoms with Gasteiger partial charge in [0.25, 0.3) is 5.91 Å². The molecule has 1 aliphatic rings. The third kappa shape index (κ3) is 6.08. The van der Waals surface area contributed by atoms with Gasteiger partial charge < -0.3 is 9.72 Å². The third-order valence-electron chi connectivity index (χ3n) is 7.43. The normalized spacial score (nSPS) is 14.4. The number of nitriles is 1. The molecule has 1 aliphatic heterocycles. The predicted molar refractivity (Wildman–Crippen MR) is 152 cm³/mol. The number of anilines is 1. The first kappa shape index (κ1) is 26.7. The number of nitrogens with zero attached hydrogens (tertiary/aromatic N) is 4. The molecule has 0 aliphatic carbocycles. The van der Waals surface area contributed by atoms with Crippen LogP contribution in [0.5, 0.6) is 0 Å². The fourth-order valence-corrected chi connectivity index (χ4v) is 6.05. The number of hydrogen-bond donors (Lipinski definition) is 2. The van der Waals surface area contributed by atoms with Crippen LogP contribution in [0.4, 0.5) is 5.13 Å². The van der Waals surface area contributed by atoms with E-state index in [1.807, 2.05) is 25.1 Å². The van der Waals surface area contributed by atoms with Gasteiger partial charge in [0, 0.05) is 48.3 Å². The Kier molecular flexibility index (Phi) is 8.15. The zero-order valence-corrected chi connectivity index (χ0v) is 23.1. The Morgan fingerprint density at radius 2 is 2.08 bits per heavy atom. The second-order valence-corrected chi connectivity index (χ2v) is 11.2. The van der Waals surface area contributed by atoms with Crippen LogP contribution in [-0.4, -0.2) is 32.6 Å². The topological polar surface area (TPSA) is 112 Å². The Labute approximate surface area is 232 Å². The molecule has 0 radical (unpaired) electrons. The number of Topliss-reactive ketones (excluding diaryl/α,β-unsaturated/α-hetero) is 1. The molecule has 0 spiro atoms. The van der Waals surface area contributed by atoms with Crippen molar-refractivity contribution in [1.82, 2.24) is 19.7 Å². The van der Waals surface area contributed by atoms with E-state index in [9.17, 15) is 9.59 Å². The molecule has 2 N–H and O–H groups in total. The molecule has 2 unspecified atom stereocenters. The van der Waals surface area contributed by atoms with Crippen LogP contribution in [0.1, 0.15) is 88.0 Å². The van der Waals surface area contributed by atoms with Crippen molar-refractivity contribution in [3.63, 3.8) is 0 Å². The average Bonchev–Trinajstić information content (AvgIpc) is 3.58. The summed E-state index contributed by atoms with van der Waals surface area (Å²) in [6, 6.07) is 13.4. The van der Waals surface area contributed by atoms with E-state index in [4.69, 9.17) is 5.26 Å². The Balaban J connectivity index is 1.17. The first-order chi connectivity index (χ1) is 18.9. The molecule has 2 atom stereocenters. The fraction of sp³-hybridized carbons (Fsp3) is 0.367. The summed E-state index contributed by atoms with van der Waals surface area (Å²) in [5, 5.41) is 16.1. The van der Waals surface area contributed by atoms with Gasteiger partial charge in [-0.2, -0.15) is 5.26 Å². The molecule has 0 saturated carbocycles. The van der Waals surface area contributed by atoms with Crippen molar-refractivity contribution < 1.29 is 9.59 Å². The van der Waals surface area contributed by atoms with Gasteiger partial charge in [0.05, 0.1) is 11.3 Å². The Bertz CT molecular complexity index is 1530. The van der Waals surface area contributed by atoms with Crippen molar-refractivity contribution in [1.29, 1.82) is 5.26 Å². The lowest BCUT2D eigenvalue weighted by Gasteiger charge is -2.16. The van der Waals surface area contributed by atoms with E-state index in [0.29, 0.717) is 27.6 Å². The Hall–Kier alpha value is -3.87. The van der Waals surface area contributed by atoms with Crippen LogP contribution in [0, 0.1) is 17.2 Å². The highest BCUT2D eigenvalue weighted by Crippen LogP contribution is 2.28. The first-order valence-corrected chi connectivity index (χ1v) is 14.3. The van der Waals surface area contributed by atoms with Crippen molar-refractivity contribution in [3.05, 3.63) is 81.7 Å². The number of rotatable bonds is 10. The van der Waals surface area contributed by atoms with E-state index in [2.05, 4.69) is 39.7 Å². The van der Waals surface area contributed by atoms with Crippen LogP contribution in [0.15, 0.2) is 48.8 Å². The number of pyridine rings is 1. The van der Waals surface area contributed by atoms with E-state index in [1.54, 1.807) is 28.9 Å². The highest BCUT2D eigenvalue weighted by Gasteiger charge is 2.22. The Morgan fingerprint density at radius 3 is 2.87 bits per heavy atom. The van der Waals surface area contributed by atoms with Crippen LogP contribution >= 0.6 is 11.3 Å². The lowest BCUT2D eigenvalue weighted by Crippen LogP contribution is -2.22. The third-order valence-corrected chi connectivity index (χ3v) is 8.44. The van der Waals surface area contributed by atoms with Gasteiger partial charge in [-0.3, -0.25) is 14.9 Å². The summed E-state index contributed by atoms with van der Waals surface area (Å²) in [5.41, 5.74) is 4.45. The van der Waals surface area contributed by atoms with Crippen molar-refractivity contribution in [2.45, 2.75) is 58.4 Å². The molecule has 8 nitrogen and oxygen atoms in total. The fourth-order valence-electron chi connectivity index (χ4n) is 5.08. The molecular formula is C30H32N6O2S. The number of fused-ring (bicyclic) bond motifs is 2. The van der Waals surface area contributed by atoms with Crippen molar-refractivity contribution >= 4 is 33.8 Å². The van der Waals surface area contributed by atoms with Crippen LogP contribution in [0.3, 0.4) is 0 Å². The molecule has 0 fully saturated rings. The number of hydrogen-bond acceptors (Lipinski definition) is 7. The molecule has 0 bridgehead atoms. The van der Waals surface area contributed by atoms with E-state index in [1.165, 1.54) is 16.2 Å². The quantitative estimate of drug-likeness (QED) is 0.248. The summed E-state index contributed by atoms with van der Waals surface area (Å²) in [4.78, 5) is 36.4. The number of nitrogens with one attached hydrogen (secondary N) is 2. The summed E-state index contributed by atoms with van der Waals surface area (Å²) >= 11 is 1.54. The zero-order valence-electron chi connectivity index (χ0n) is 22.2. The minimum Gasteiger partial charge on any atom is -0.311 e. The standard InChI is InChI=1S/C30H32N6O2S/c1-3-21(28(37)25-18-36-17-20(15-31)10-11-27(36)33-25)7-4-6-19(2)22-8-5-9-23(14-22)29(38)35-30-34-24-12-13-32-16-26(24)39-30/h5,8-11,14,17-19,21,32H,3-4,6-7,12-13,16H2,1-2H3,(H,34,35,38). The molecule has 3 aromatic heterocycles. The van der Waals surface area contributed by atoms with Crippen molar-refractivity contribution in [3.8, 4) is 6.07 Å². The van der Waals surface area contributed by atoms with E-state index in [-0.39, 0.29) is 23.5 Å². The number of aromatic nitrogens is 3. The number of amides is 1. The molecule has 39 heavy (non-hydrogen) atoms. The average molecular weight is 541 g/mol. The molecule has 9 heteroatoms. The van der Waals surface area contributed by atoms with Crippen molar-refractivity contribution in [2.24, 2.45) is 5.92 Å². The molecule has 4 heterocycles. The number of thiazole rings is 1. The molecule has 200 valence electrons. The van der Waals surface area contributed by atoms with Gasteiger partial charge in [-0.05, 0) is 55.0 Å².